The van der Waals surface area contributed by atoms with Gasteiger partial charge < -0.3 is 14.5 Å². The Morgan fingerprint density at radius 3 is 2.68 bits per heavy atom. The molecule has 100 valence electrons. The van der Waals surface area contributed by atoms with E-state index in [2.05, 4.69) is 21.2 Å². The van der Waals surface area contributed by atoms with Crippen molar-refractivity contribution >= 4 is 21.8 Å². The maximum absolute atomic E-state index is 11.9. The Kier molecular flexibility index (Phi) is 5.03. The number of ether oxygens (including phenoxy) is 1. The van der Waals surface area contributed by atoms with Gasteiger partial charge in [-0.05, 0) is 36.4 Å². The highest BCUT2D eigenvalue weighted by molar-refractivity contribution is 9.09. The summed E-state index contributed by atoms with van der Waals surface area (Å²) in [6.07, 6.45) is 1.58. The van der Waals surface area contributed by atoms with Gasteiger partial charge in [0.25, 0.3) is 5.91 Å². The number of nitrogens with one attached hydrogen (secondary N) is 1. The maximum Gasteiger partial charge on any atom is 0.251 e. The minimum Gasteiger partial charge on any atom is -0.493 e. The number of rotatable bonds is 6. The maximum atomic E-state index is 11.9. The number of carbonyl (C=O) groups excluding carboxylic acids is 1. The summed E-state index contributed by atoms with van der Waals surface area (Å²) in [6, 6.07) is 10.6. The van der Waals surface area contributed by atoms with Gasteiger partial charge in [0.05, 0.1) is 19.4 Å². The van der Waals surface area contributed by atoms with Gasteiger partial charge in [-0.2, -0.15) is 0 Å². The monoisotopic (exact) mass is 323 g/mol. The second-order valence-electron chi connectivity index (χ2n) is 3.82. The van der Waals surface area contributed by atoms with Crippen LogP contribution in [0.15, 0.2) is 47.1 Å². The van der Waals surface area contributed by atoms with Gasteiger partial charge in [-0.3, -0.25) is 4.79 Å². The van der Waals surface area contributed by atoms with Crippen LogP contribution in [-0.2, 0) is 6.54 Å². The molecule has 2 rings (SSSR count). The van der Waals surface area contributed by atoms with Crippen molar-refractivity contribution in [2.45, 2.75) is 6.54 Å². The zero-order valence-electron chi connectivity index (χ0n) is 10.3. The SMILES string of the molecule is O=C(NCc1ccco1)c1ccc(OCCBr)cc1. The molecule has 5 heteroatoms. The van der Waals surface area contributed by atoms with E-state index in [1.54, 1.807) is 36.6 Å². The standard InChI is InChI=1S/C14H14BrNO3/c15-7-9-19-12-5-3-11(4-6-12)14(17)16-10-13-2-1-8-18-13/h1-6,8H,7,9-10H2,(H,16,17). The first-order chi connectivity index (χ1) is 9.29. The van der Waals surface area contributed by atoms with Crippen molar-refractivity contribution in [2.24, 2.45) is 0 Å². The van der Waals surface area contributed by atoms with Gasteiger partial charge in [0.15, 0.2) is 0 Å². The van der Waals surface area contributed by atoms with Gasteiger partial charge in [-0.1, -0.05) is 15.9 Å². The van der Waals surface area contributed by atoms with E-state index in [1.165, 1.54) is 0 Å². The molecule has 1 N–H and O–H groups in total. The number of carbonyl (C=O) groups is 1. The lowest BCUT2D eigenvalue weighted by Gasteiger charge is -2.06. The molecule has 0 saturated carbocycles. The zero-order valence-corrected chi connectivity index (χ0v) is 11.9. The van der Waals surface area contributed by atoms with E-state index in [9.17, 15) is 4.79 Å². The molecule has 4 nitrogen and oxygen atoms in total. The van der Waals surface area contributed by atoms with Crippen LogP contribution in [0.3, 0.4) is 0 Å². The molecule has 0 saturated heterocycles. The third-order valence-corrected chi connectivity index (χ3v) is 2.79. The summed E-state index contributed by atoms with van der Waals surface area (Å²) in [6.45, 7) is 0.984. The van der Waals surface area contributed by atoms with E-state index in [1.807, 2.05) is 6.07 Å². The minimum absolute atomic E-state index is 0.136. The van der Waals surface area contributed by atoms with Crippen LogP contribution in [0.4, 0.5) is 0 Å². The van der Waals surface area contributed by atoms with Crippen molar-refractivity contribution in [3.05, 3.63) is 54.0 Å². The summed E-state index contributed by atoms with van der Waals surface area (Å²) in [5.74, 6) is 1.34. The first-order valence-corrected chi connectivity index (χ1v) is 7.01. The van der Waals surface area contributed by atoms with Gasteiger partial charge in [-0.15, -0.1) is 0 Å². The molecule has 1 heterocycles. The third-order valence-electron chi connectivity index (χ3n) is 2.47. The molecule has 0 aliphatic heterocycles. The van der Waals surface area contributed by atoms with Crippen LogP contribution < -0.4 is 10.1 Å². The molecule has 1 aromatic carbocycles. The van der Waals surface area contributed by atoms with E-state index >= 15 is 0 Å². The molecule has 1 amide bonds. The van der Waals surface area contributed by atoms with Crippen LogP contribution in [0.25, 0.3) is 0 Å². The Labute approximate surface area is 119 Å². The van der Waals surface area contributed by atoms with Gasteiger partial charge >= 0.3 is 0 Å². The fourth-order valence-corrected chi connectivity index (χ4v) is 1.70. The lowest BCUT2D eigenvalue weighted by Crippen LogP contribution is -2.22. The molecule has 2 aromatic rings. The molecule has 0 spiro atoms. The summed E-state index contributed by atoms with van der Waals surface area (Å²) in [4.78, 5) is 11.9. The number of halogens is 1. The fraction of sp³-hybridized carbons (Fsp3) is 0.214. The summed E-state index contributed by atoms with van der Waals surface area (Å²) < 4.78 is 10.6. The molecule has 0 aliphatic carbocycles. The predicted molar refractivity (Wildman–Crippen MR) is 75.6 cm³/mol. The highest BCUT2D eigenvalue weighted by Crippen LogP contribution is 2.12. The number of benzene rings is 1. The lowest BCUT2D eigenvalue weighted by atomic mass is 10.2. The number of hydrogen-bond acceptors (Lipinski definition) is 3. The molecule has 0 radical (unpaired) electrons. The van der Waals surface area contributed by atoms with E-state index in [0.717, 1.165) is 16.8 Å². The first-order valence-electron chi connectivity index (χ1n) is 5.89. The van der Waals surface area contributed by atoms with Crippen molar-refractivity contribution < 1.29 is 13.9 Å². The molecule has 0 aliphatic rings. The summed E-state index contributed by atoms with van der Waals surface area (Å²) in [5, 5.41) is 3.56. The van der Waals surface area contributed by atoms with Crippen molar-refractivity contribution in [1.82, 2.24) is 5.32 Å². The highest BCUT2D eigenvalue weighted by atomic mass is 79.9. The van der Waals surface area contributed by atoms with Crippen LogP contribution in [-0.4, -0.2) is 17.8 Å². The molecule has 1 aromatic heterocycles. The number of alkyl halides is 1. The quantitative estimate of drug-likeness (QED) is 0.831. The second kappa shape index (κ2) is 6.99. The molecule has 0 unspecified atom stereocenters. The smallest absolute Gasteiger partial charge is 0.251 e. The first kappa shape index (κ1) is 13.7. The topological polar surface area (TPSA) is 51.5 Å². The highest BCUT2D eigenvalue weighted by Gasteiger charge is 2.06. The van der Waals surface area contributed by atoms with E-state index in [0.29, 0.717) is 18.7 Å². The summed E-state index contributed by atoms with van der Waals surface area (Å²) >= 11 is 3.29. The van der Waals surface area contributed by atoms with Gasteiger partial charge in [-0.25, -0.2) is 0 Å². The average molecular weight is 324 g/mol. The summed E-state index contributed by atoms with van der Waals surface area (Å²) in [5.41, 5.74) is 0.595. The van der Waals surface area contributed by atoms with E-state index in [-0.39, 0.29) is 5.91 Å². The second-order valence-corrected chi connectivity index (χ2v) is 4.62. The summed E-state index contributed by atoms with van der Waals surface area (Å²) in [7, 11) is 0. The van der Waals surface area contributed by atoms with Crippen molar-refractivity contribution in [2.75, 3.05) is 11.9 Å². The Bertz CT molecular complexity index is 508. The van der Waals surface area contributed by atoms with E-state index < -0.39 is 0 Å². The van der Waals surface area contributed by atoms with Crippen LogP contribution in [0, 0.1) is 0 Å². The van der Waals surface area contributed by atoms with Crippen molar-refractivity contribution in [1.29, 1.82) is 0 Å². The Morgan fingerprint density at radius 1 is 1.26 bits per heavy atom. The molecule has 0 bridgehead atoms. The van der Waals surface area contributed by atoms with Gasteiger partial charge in [0, 0.05) is 10.9 Å². The molecule has 0 fully saturated rings. The third kappa shape index (κ3) is 4.13. The molecule has 19 heavy (non-hydrogen) atoms. The average Bonchev–Trinajstić information content (AvgIpc) is 2.96. The van der Waals surface area contributed by atoms with Crippen molar-refractivity contribution in [3.63, 3.8) is 0 Å². The Morgan fingerprint density at radius 2 is 2.05 bits per heavy atom. The fourth-order valence-electron chi connectivity index (χ4n) is 1.54. The van der Waals surface area contributed by atoms with Gasteiger partial charge in [0.1, 0.15) is 11.5 Å². The zero-order chi connectivity index (χ0) is 13.5. The number of amides is 1. The van der Waals surface area contributed by atoms with Crippen molar-refractivity contribution in [3.8, 4) is 5.75 Å². The minimum atomic E-state index is -0.136. The van der Waals surface area contributed by atoms with Crippen LogP contribution in [0.5, 0.6) is 5.75 Å². The normalized spacial score (nSPS) is 10.2. The predicted octanol–water partition coefficient (Wildman–Crippen LogP) is 2.98. The number of hydrogen-bond donors (Lipinski definition) is 1. The molecule has 0 atom stereocenters. The van der Waals surface area contributed by atoms with Crippen LogP contribution in [0.1, 0.15) is 16.1 Å². The Hall–Kier alpha value is -1.75. The Balaban J connectivity index is 1.88. The molecular weight excluding hydrogens is 310 g/mol. The largest absolute Gasteiger partial charge is 0.493 e. The number of furan rings is 1. The van der Waals surface area contributed by atoms with Crippen LogP contribution in [0.2, 0.25) is 0 Å². The van der Waals surface area contributed by atoms with Crippen LogP contribution >= 0.6 is 15.9 Å². The van der Waals surface area contributed by atoms with E-state index in [4.69, 9.17) is 9.15 Å². The lowest BCUT2D eigenvalue weighted by molar-refractivity contribution is 0.0948. The van der Waals surface area contributed by atoms with Gasteiger partial charge in [0.2, 0.25) is 0 Å². The molecular formula is C14H14BrNO3.